The summed E-state index contributed by atoms with van der Waals surface area (Å²) >= 11 is 0. The largest absolute Gasteiger partial charge is 0.309 e. The van der Waals surface area contributed by atoms with Crippen molar-refractivity contribution < 1.29 is 0 Å². The number of nitrogens with zero attached hydrogens (tertiary/aromatic N) is 4. The second kappa shape index (κ2) is 7.92. The Balaban J connectivity index is 1.58. The topological polar surface area (TPSA) is 36.3 Å². The third-order valence-electron chi connectivity index (χ3n) is 4.85. The van der Waals surface area contributed by atoms with Gasteiger partial charge in [0.25, 0.3) is 0 Å². The third-order valence-corrected chi connectivity index (χ3v) is 4.85. The van der Waals surface area contributed by atoms with Gasteiger partial charge >= 0.3 is 0 Å². The summed E-state index contributed by atoms with van der Waals surface area (Å²) in [5.74, 6) is 1.02. The molecule has 2 heterocycles. The first-order valence-electron chi connectivity index (χ1n) is 8.86. The molecule has 1 aromatic carbocycles. The third kappa shape index (κ3) is 4.23. The zero-order chi connectivity index (χ0) is 16.9. The lowest BCUT2D eigenvalue weighted by Crippen LogP contribution is -2.48. The van der Waals surface area contributed by atoms with Gasteiger partial charge in [0.2, 0.25) is 0 Å². The molecule has 1 atom stereocenters. The molecule has 5 nitrogen and oxygen atoms in total. The fourth-order valence-corrected chi connectivity index (χ4v) is 3.29. The predicted molar refractivity (Wildman–Crippen MR) is 98.5 cm³/mol. The van der Waals surface area contributed by atoms with E-state index in [1.807, 2.05) is 19.3 Å². The lowest BCUT2D eigenvalue weighted by molar-refractivity contribution is 0.144. The first-order chi connectivity index (χ1) is 11.6. The lowest BCUT2D eigenvalue weighted by atomic mass is 10.1. The summed E-state index contributed by atoms with van der Waals surface area (Å²) in [6.45, 7) is 11.0. The molecular weight excluding hydrogens is 298 g/mol. The van der Waals surface area contributed by atoms with Gasteiger partial charge in [-0.2, -0.15) is 0 Å². The summed E-state index contributed by atoms with van der Waals surface area (Å²) in [5.41, 5.74) is 2.52. The number of nitrogens with one attached hydrogen (secondary N) is 1. The zero-order valence-corrected chi connectivity index (χ0v) is 15.1. The van der Waals surface area contributed by atoms with Gasteiger partial charge in [-0.25, -0.2) is 4.98 Å². The van der Waals surface area contributed by atoms with Gasteiger partial charge in [0.05, 0.1) is 5.69 Å². The summed E-state index contributed by atoms with van der Waals surface area (Å²) in [4.78, 5) is 9.30. The van der Waals surface area contributed by atoms with Gasteiger partial charge in [-0.05, 0) is 32.5 Å². The van der Waals surface area contributed by atoms with Crippen molar-refractivity contribution in [3.8, 4) is 5.69 Å². The molecule has 5 heteroatoms. The fourth-order valence-electron chi connectivity index (χ4n) is 3.29. The second-order valence-corrected chi connectivity index (χ2v) is 6.86. The normalized spacial score (nSPS) is 18.0. The molecule has 130 valence electrons. The van der Waals surface area contributed by atoms with Crippen LogP contribution in [0.3, 0.4) is 0 Å². The van der Waals surface area contributed by atoms with Crippen LogP contribution in [0.15, 0.2) is 36.7 Å². The molecular formula is C19H29N5. The van der Waals surface area contributed by atoms with Crippen molar-refractivity contribution in [3.05, 3.63) is 48.0 Å². The average Bonchev–Trinajstić information content (AvgIpc) is 3.01. The van der Waals surface area contributed by atoms with Crippen LogP contribution in [0.4, 0.5) is 0 Å². The molecule has 1 aromatic heterocycles. The molecule has 3 rings (SSSR count). The number of hydrogen-bond donors (Lipinski definition) is 1. The quantitative estimate of drug-likeness (QED) is 0.879. The Bertz CT molecular complexity index is 643. The first kappa shape index (κ1) is 17.1. The number of benzene rings is 1. The molecule has 1 unspecified atom stereocenters. The number of aromatic nitrogens is 2. The van der Waals surface area contributed by atoms with Crippen molar-refractivity contribution in [2.24, 2.45) is 0 Å². The monoisotopic (exact) mass is 327 g/mol. The molecule has 0 amide bonds. The van der Waals surface area contributed by atoms with Crippen molar-refractivity contribution >= 4 is 0 Å². The molecule has 0 bridgehead atoms. The highest BCUT2D eigenvalue weighted by Crippen LogP contribution is 2.16. The van der Waals surface area contributed by atoms with Gasteiger partial charge in [-0.15, -0.1) is 0 Å². The Morgan fingerprint density at radius 3 is 2.62 bits per heavy atom. The molecule has 0 radical (unpaired) electrons. The second-order valence-electron chi connectivity index (χ2n) is 6.86. The molecule has 1 saturated heterocycles. The van der Waals surface area contributed by atoms with Gasteiger partial charge in [0, 0.05) is 57.7 Å². The zero-order valence-electron chi connectivity index (χ0n) is 15.1. The Labute approximate surface area is 145 Å². The van der Waals surface area contributed by atoms with Crippen molar-refractivity contribution in [2.75, 3.05) is 39.8 Å². The van der Waals surface area contributed by atoms with E-state index in [1.165, 1.54) is 37.4 Å². The minimum Gasteiger partial charge on any atom is -0.309 e. The highest BCUT2D eigenvalue weighted by molar-refractivity contribution is 5.41. The number of hydrogen-bond acceptors (Lipinski definition) is 4. The lowest BCUT2D eigenvalue weighted by Gasteiger charge is -2.34. The molecule has 1 aliphatic rings. The maximum absolute atomic E-state index is 4.34. The van der Waals surface area contributed by atoms with E-state index in [0.29, 0.717) is 6.04 Å². The summed E-state index contributed by atoms with van der Waals surface area (Å²) < 4.78 is 2.15. The number of para-hydroxylation sites is 1. The van der Waals surface area contributed by atoms with Gasteiger partial charge in [0.1, 0.15) is 5.82 Å². The molecule has 2 aromatic rings. The van der Waals surface area contributed by atoms with E-state index in [-0.39, 0.29) is 0 Å². The summed E-state index contributed by atoms with van der Waals surface area (Å²) in [6.07, 6.45) is 3.89. The number of imidazole rings is 1. The van der Waals surface area contributed by atoms with Crippen molar-refractivity contribution in [1.29, 1.82) is 0 Å². The van der Waals surface area contributed by atoms with Crippen LogP contribution in [0.1, 0.15) is 18.3 Å². The average molecular weight is 327 g/mol. The van der Waals surface area contributed by atoms with Crippen LogP contribution < -0.4 is 5.32 Å². The van der Waals surface area contributed by atoms with Gasteiger partial charge < -0.3 is 14.8 Å². The minimum absolute atomic E-state index is 0.477. The van der Waals surface area contributed by atoms with Crippen molar-refractivity contribution in [3.63, 3.8) is 0 Å². The molecule has 0 aliphatic carbocycles. The molecule has 0 saturated carbocycles. The van der Waals surface area contributed by atoms with E-state index >= 15 is 0 Å². The predicted octanol–water partition coefficient (Wildman–Crippen LogP) is 1.91. The Hall–Kier alpha value is -1.69. The fraction of sp³-hybridized carbons (Fsp3) is 0.526. The van der Waals surface area contributed by atoms with E-state index in [4.69, 9.17) is 0 Å². The standard InChI is InChI=1S/C19H29N5/c1-16(15-23-12-10-22(3)11-13-23)21-14-18-6-4-5-7-19(18)24-9-8-20-17(24)2/h4-9,16,21H,10-15H2,1-3H3. The highest BCUT2D eigenvalue weighted by atomic mass is 15.3. The number of likely N-dealkylation sites (N-methyl/N-ethyl adjacent to an activating group) is 1. The number of piperazine rings is 1. The van der Waals surface area contributed by atoms with Gasteiger partial charge in [-0.3, -0.25) is 4.90 Å². The summed E-state index contributed by atoms with van der Waals surface area (Å²) in [5, 5.41) is 3.69. The molecule has 1 aliphatic heterocycles. The van der Waals surface area contributed by atoms with Gasteiger partial charge in [0.15, 0.2) is 0 Å². The minimum atomic E-state index is 0.477. The molecule has 1 fully saturated rings. The van der Waals surface area contributed by atoms with Crippen LogP contribution in [0.25, 0.3) is 5.69 Å². The highest BCUT2D eigenvalue weighted by Gasteiger charge is 2.16. The van der Waals surface area contributed by atoms with E-state index < -0.39 is 0 Å². The maximum atomic E-state index is 4.34. The van der Waals surface area contributed by atoms with Crippen LogP contribution >= 0.6 is 0 Å². The van der Waals surface area contributed by atoms with Crippen LogP contribution in [0.5, 0.6) is 0 Å². The summed E-state index contributed by atoms with van der Waals surface area (Å²) in [7, 11) is 2.20. The van der Waals surface area contributed by atoms with Crippen LogP contribution in [-0.4, -0.2) is 65.2 Å². The van der Waals surface area contributed by atoms with E-state index in [1.54, 1.807) is 0 Å². The smallest absolute Gasteiger partial charge is 0.110 e. The summed E-state index contributed by atoms with van der Waals surface area (Å²) in [6, 6.07) is 9.04. The molecule has 0 spiro atoms. The Morgan fingerprint density at radius 2 is 1.92 bits per heavy atom. The maximum Gasteiger partial charge on any atom is 0.110 e. The Morgan fingerprint density at radius 1 is 1.17 bits per heavy atom. The molecule has 1 N–H and O–H groups in total. The van der Waals surface area contributed by atoms with E-state index in [0.717, 1.165) is 18.9 Å². The number of aryl methyl sites for hydroxylation is 1. The van der Waals surface area contributed by atoms with Crippen LogP contribution in [0.2, 0.25) is 0 Å². The van der Waals surface area contributed by atoms with E-state index in [2.05, 4.69) is 62.9 Å². The number of rotatable bonds is 6. The SMILES string of the molecule is Cc1nccn1-c1ccccc1CNC(C)CN1CCN(C)CC1. The van der Waals surface area contributed by atoms with Gasteiger partial charge in [-0.1, -0.05) is 18.2 Å². The van der Waals surface area contributed by atoms with Crippen LogP contribution in [-0.2, 0) is 6.54 Å². The Kier molecular flexibility index (Phi) is 5.66. The first-order valence-corrected chi connectivity index (χ1v) is 8.86. The van der Waals surface area contributed by atoms with Crippen molar-refractivity contribution in [1.82, 2.24) is 24.7 Å². The van der Waals surface area contributed by atoms with E-state index in [9.17, 15) is 0 Å². The van der Waals surface area contributed by atoms with Crippen LogP contribution in [0, 0.1) is 6.92 Å². The van der Waals surface area contributed by atoms with Crippen molar-refractivity contribution in [2.45, 2.75) is 26.4 Å². The molecule has 24 heavy (non-hydrogen) atoms.